The van der Waals surface area contributed by atoms with Crippen molar-refractivity contribution in [1.29, 1.82) is 0 Å². The van der Waals surface area contributed by atoms with Gasteiger partial charge in [0.2, 0.25) is 5.91 Å². The second kappa shape index (κ2) is 4.97. The highest BCUT2D eigenvalue weighted by Gasteiger charge is 2.48. The fraction of sp³-hybridized carbons (Fsp3) is 0.583. The van der Waals surface area contributed by atoms with Crippen molar-refractivity contribution in [3.8, 4) is 0 Å². The van der Waals surface area contributed by atoms with Gasteiger partial charge < -0.3 is 15.5 Å². The molecule has 1 atom stereocenters. The molecule has 3 fully saturated rings. The Morgan fingerprint density at radius 1 is 1.09 bits per heavy atom. The molecular formula is C12H15N5O5. The van der Waals surface area contributed by atoms with E-state index in [2.05, 4.69) is 21.3 Å². The summed E-state index contributed by atoms with van der Waals surface area (Å²) in [5.41, 5.74) is -0.938. The summed E-state index contributed by atoms with van der Waals surface area (Å²) in [5.74, 6) is -1.16. The topological polar surface area (TPSA) is 137 Å². The highest BCUT2D eigenvalue weighted by atomic mass is 16.2. The summed E-state index contributed by atoms with van der Waals surface area (Å²) in [6, 6.07) is -1.98. The Hall–Kier alpha value is -2.65. The standard InChI is InChI=1S/C12H15N5O5/c18-7(5-6-8(19)14-10(21)13-6)17-3-1-12(2-4-17)9(20)15-11(22)16-12/h6H,1-5H2,(H2,13,14,19,21)(H2,15,16,20,22)/t6-/m1/s1. The van der Waals surface area contributed by atoms with Crippen LogP contribution in [0.15, 0.2) is 0 Å². The van der Waals surface area contributed by atoms with Crippen LogP contribution in [0.5, 0.6) is 0 Å². The minimum Gasteiger partial charge on any atom is -0.342 e. The Labute approximate surface area is 125 Å². The average Bonchev–Trinajstić information content (AvgIpc) is 2.90. The number of imide groups is 2. The van der Waals surface area contributed by atoms with Crippen LogP contribution in [0.2, 0.25) is 0 Å². The van der Waals surface area contributed by atoms with Gasteiger partial charge in [0, 0.05) is 13.1 Å². The highest BCUT2D eigenvalue weighted by molar-refractivity contribution is 6.07. The summed E-state index contributed by atoms with van der Waals surface area (Å²) < 4.78 is 0. The van der Waals surface area contributed by atoms with Crippen molar-refractivity contribution in [3.63, 3.8) is 0 Å². The molecular weight excluding hydrogens is 294 g/mol. The highest BCUT2D eigenvalue weighted by Crippen LogP contribution is 2.26. The monoisotopic (exact) mass is 309 g/mol. The van der Waals surface area contributed by atoms with Gasteiger partial charge in [0.1, 0.15) is 11.6 Å². The number of carbonyl (C=O) groups excluding carboxylic acids is 5. The Balaban J connectivity index is 1.56. The molecule has 0 aromatic heterocycles. The largest absolute Gasteiger partial charge is 0.342 e. The molecule has 0 aromatic carbocycles. The molecule has 1 spiro atoms. The smallest absolute Gasteiger partial charge is 0.322 e. The SMILES string of the molecule is O=C1NC(=O)[C@@H](CC(=O)N2CCC3(CC2)NC(=O)NC3=O)N1. The lowest BCUT2D eigenvalue weighted by molar-refractivity contribution is -0.137. The molecule has 0 aliphatic carbocycles. The quantitative estimate of drug-likeness (QED) is 0.428. The van der Waals surface area contributed by atoms with Crippen LogP contribution in [-0.4, -0.2) is 59.4 Å². The summed E-state index contributed by atoms with van der Waals surface area (Å²) in [7, 11) is 0. The lowest BCUT2D eigenvalue weighted by Crippen LogP contribution is -2.56. The van der Waals surface area contributed by atoms with Crippen molar-refractivity contribution in [2.45, 2.75) is 30.8 Å². The van der Waals surface area contributed by atoms with Gasteiger partial charge in [0.05, 0.1) is 6.42 Å². The van der Waals surface area contributed by atoms with E-state index in [0.29, 0.717) is 25.9 Å². The molecule has 0 saturated carbocycles. The first kappa shape index (κ1) is 14.3. The zero-order valence-corrected chi connectivity index (χ0v) is 11.6. The van der Waals surface area contributed by atoms with Gasteiger partial charge in [-0.25, -0.2) is 9.59 Å². The van der Waals surface area contributed by atoms with E-state index in [0.717, 1.165) is 0 Å². The van der Waals surface area contributed by atoms with Gasteiger partial charge in [0.15, 0.2) is 0 Å². The molecule has 0 unspecified atom stereocenters. The maximum Gasteiger partial charge on any atom is 0.322 e. The van der Waals surface area contributed by atoms with E-state index in [-0.39, 0.29) is 18.2 Å². The van der Waals surface area contributed by atoms with E-state index in [1.807, 2.05) is 0 Å². The van der Waals surface area contributed by atoms with Crippen molar-refractivity contribution in [3.05, 3.63) is 0 Å². The average molecular weight is 309 g/mol. The van der Waals surface area contributed by atoms with Gasteiger partial charge in [-0.3, -0.25) is 25.0 Å². The van der Waals surface area contributed by atoms with E-state index in [1.165, 1.54) is 4.90 Å². The van der Waals surface area contributed by atoms with Gasteiger partial charge in [-0.05, 0) is 12.8 Å². The molecule has 7 amide bonds. The van der Waals surface area contributed by atoms with Gasteiger partial charge in [0.25, 0.3) is 11.8 Å². The minimum absolute atomic E-state index is 0.122. The number of piperidine rings is 1. The number of nitrogens with zero attached hydrogens (tertiary/aromatic N) is 1. The molecule has 10 nitrogen and oxygen atoms in total. The van der Waals surface area contributed by atoms with Gasteiger partial charge in [-0.1, -0.05) is 0 Å². The van der Waals surface area contributed by atoms with Crippen molar-refractivity contribution in [2.75, 3.05) is 13.1 Å². The maximum atomic E-state index is 12.2. The molecule has 0 aromatic rings. The Morgan fingerprint density at radius 2 is 1.77 bits per heavy atom. The van der Waals surface area contributed by atoms with E-state index < -0.39 is 29.6 Å². The third kappa shape index (κ3) is 2.36. The third-order valence-electron chi connectivity index (χ3n) is 4.22. The molecule has 3 aliphatic rings. The lowest BCUT2D eigenvalue weighted by atomic mass is 9.87. The fourth-order valence-corrected chi connectivity index (χ4v) is 2.92. The van der Waals surface area contributed by atoms with E-state index in [9.17, 15) is 24.0 Å². The first-order chi connectivity index (χ1) is 10.4. The predicted octanol–water partition coefficient (Wildman–Crippen LogP) is -2.21. The summed E-state index contributed by atoms with van der Waals surface area (Å²) >= 11 is 0. The van der Waals surface area contributed by atoms with Crippen LogP contribution < -0.4 is 21.3 Å². The van der Waals surface area contributed by atoms with E-state index in [1.54, 1.807) is 0 Å². The molecule has 0 radical (unpaired) electrons. The second-order valence-electron chi connectivity index (χ2n) is 5.59. The number of rotatable bonds is 2. The molecule has 22 heavy (non-hydrogen) atoms. The Morgan fingerprint density at radius 3 is 2.27 bits per heavy atom. The normalized spacial score (nSPS) is 26.5. The minimum atomic E-state index is -0.938. The number of urea groups is 2. The van der Waals surface area contributed by atoms with Crippen molar-refractivity contribution in [1.82, 2.24) is 26.2 Å². The zero-order chi connectivity index (χ0) is 15.9. The first-order valence-electron chi connectivity index (χ1n) is 6.92. The number of carbonyl (C=O) groups is 5. The summed E-state index contributed by atoms with van der Waals surface area (Å²) in [6.45, 7) is 0.601. The van der Waals surface area contributed by atoms with Crippen molar-refractivity contribution in [2.24, 2.45) is 0 Å². The van der Waals surface area contributed by atoms with Crippen LogP contribution in [0.3, 0.4) is 0 Å². The molecule has 0 bridgehead atoms. The van der Waals surface area contributed by atoms with Gasteiger partial charge in [-0.2, -0.15) is 0 Å². The number of amides is 7. The molecule has 10 heteroatoms. The number of likely N-dealkylation sites (tertiary alicyclic amines) is 1. The maximum absolute atomic E-state index is 12.2. The van der Waals surface area contributed by atoms with Crippen LogP contribution in [0.1, 0.15) is 19.3 Å². The van der Waals surface area contributed by atoms with Crippen LogP contribution in [0, 0.1) is 0 Å². The number of hydrogen-bond acceptors (Lipinski definition) is 5. The zero-order valence-electron chi connectivity index (χ0n) is 11.6. The van der Waals surface area contributed by atoms with Crippen LogP contribution in [0.25, 0.3) is 0 Å². The lowest BCUT2D eigenvalue weighted by Gasteiger charge is -2.37. The third-order valence-corrected chi connectivity index (χ3v) is 4.22. The van der Waals surface area contributed by atoms with Crippen LogP contribution in [-0.2, 0) is 14.4 Å². The Bertz CT molecular complexity index is 580. The van der Waals surface area contributed by atoms with E-state index in [4.69, 9.17) is 0 Å². The Kier molecular flexibility index (Phi) is 3.23. The van der Waals surface area contributed by atoms with E-state index >= 15 is 0 Å². The first-order valence-corrected chi connectivity index (χ1v) is 6.92. The summed E-state index contributed by atoms with van der Waals surface area (Å²) in [6.07, 6.45) is 0.516. The van der Waals surface area contributed by atoms with Gasteiger partial charge in [-0.15, -0.1) is 0 Å². The summed E-state index contributed by atoms with van der Waals surface area (Å²) in [4.78, 5) is 59.1. The van der Waals surface area contributed by atoms with Gasteiger partial charge >= 0.3 is 12.1 Å². The molecule has 3 aliphatic heterocycles. The summed E-state index contributed by atoms with van der Waals surface area (Å²) in [5, 5.41) is 9.24. The second-order valence-corrected chi connectivity index (χ2v) is 5.59. The molecule has 3 saturated heterocycles. The molecule has 118 valence electrons. The number of hydrogen-bond donors (Lipinski definition) is 4. The molecule has 3 heterocycles. The molecule has 4 N–H and O–H groups in total. The van der Waals surface area contributed by atoms with Crippen LogP contribution in [0.4, 0.5) is 9.59 Å². The number of nitrogens with one attached hydrogen (secondary N) is 4. The molecule has 3 rings (SSSR count). The van der Waals surface area contributed by atoms with Crippen LogP contribution >= 0.6 is 0 Å². The fourth-order valence-electron chi connectivity index (χ4n) is 2.92. The predicted molar refractivity (Wildman–Crippen MR) is 70.3 cm³/mol. The van der Waals surface area contributed by atoms with Crippen molar-refractivity contribution >= 4 is 29.8 Å². The van der Waals surface area contributed by atoms with Crippen molar-refractivity contribution < 1.29 is 24.0 Å².